The van der Waals surface area contributed by atoms with Crippen LogP contribution in [0.3, 0.4) is 0 Å². The van der Waals surface area contributed by atoms with E-state index < -0.39 is 0 Å². The van der Waals surface area contributed by atoms with Crippen molar-refractivity contribution in [3.8, 4) is 0 Å². The maximum Gasteiger partial charge on any atom is 0.257 e. The lowest BCUT2D eigenvalue weighted by atomic mass is 10.2. The van der Waals surface area contributed by atoms with Crippen LogP contribution in [0.1, 0.15) is 10.4 Å². The summed E-state index contributed by atoms with van der Waals surface area (Å²) in [5.41, 5.74) is 6.45. The quantitative estimate of drug-likeness (QED) is 0.640. The average Bonchev–Trinajstić information content (AvgIpc) is 2.36. The Labute approximate surface area is 145 Å². The molecule has 20 heavy (non-hydrogen) atoms. The number of hydrogen-bond acceptors (Lipinski definition) is 3. The third kappa shape index (κ3) is 3.52. The number of aromatic nitrogens is 1. The summed E-state index contributed by atoms with van der Waals surface area (Å²) in [4.78, 5) is 16.0. The predicted octanol–water partition coefficient (Wildman–Crippen LogP) is 4.86. The molecule has 0 aliphatic rings. The molecule has 0 fully saturated rings. The fourth-order valence-corrected chi connectivity index (χ4v) is 4.04. The lowest BCUT2D eigenvalue weighted by molar-refractivity contribution is 0.102. The predicted molar refractivity (Wildman–Crippen MR) is 91.2 cm³/mol. The third-order valence-electron chi connectivity index (χ3n) is 2.38. The van der Waals surface area contributed by atoms with E-state index in [0.29, 0.717) is 11.3 Å². The molecule has 2 aromatic rings. The Balaban J connectivity index is 2.30. The van der Waals surface area contributed by atoms with Gasteiger partial charge in [0.15, 0.2) is 0 Å². The van der Waals surface area contributed by atoms with Gasteiger partial charge in [-0.3, -0.25) is 4.79 Å². The molecule has 1 aromatic carbocycles. The van der Waals surface area contributed by atoms with Gasteiger partial charge in [-0.2, -0.15) is 0 Å². The van der Waals surface area contributed by atoms with Gasteiger partial charge in [0.2, 0.25) is 0 Å². The Morgan fingerprint density at radius 1 is 1.20 bits per heavy atom. The molecule has 1 amide bonds. The number of benzene rings is 1. The van der Waals surface area contributed by atoms with E-state index in [1.165, 1.54) is 12.3 Å². The molecule has 3 N–H and O–H groups in total. The molecule has 0 radical (unpaired) electrons. The zero-order chi connectivity index (χ0) is 14.9. The zero-order valence-electron chi connectivity index (χ0n) is 9.75. The highest BCUT2D eigenvalue weighted by Gasteiger charge is 2.13. The van der Waals surface area contributed by atoms with Gasteiger partial charge in [-0.15, -0.1) is 0 Å². The monoisotopic (exact) mass is 481 g/mol. The van der Waals surface area contributed by atoms with Gasteiger partial charge in [0.05, 0.1) is 16.3 Å². The number of carbonyl (C=O) groups is 1. The summed E-state index contributed by atoms with van der Waals surface area (Å²) >= 11 is 16.0. The van der Waals surface area contributed by atoms with Crippen LogP contribution in [0.4, 0.5) is 11.5 Å². The molecule has 4 nitrogen and oxygen atoms in total. The Morgan fingerprint density at radius 2 is 1.80 bits per heavy atom. The number of carbonyl (C=O) groups excluding carboxylic acids is 1. The van der Waals surface area contributed by atoms with Crippen LogP contribution < -0.4 is 11.1 Å². The number of nitrogen functional groups attached to an aromatic ring is 1. The summed E-state index contributed by atoms with van der Waals surface area (Å²) in [6.07, 6.45) is 1.37. The van der Waals surface area contributed by atoms with Crippen LogP contribution >= 0.6 is 59.4 Å². The highest BCUT2D eigenvalue weighted by atomic mass is 79.9. The van der Waals surface area contributed by atoms with E-state index in [4.69, 9.17) is 17.3 Å². The number of hydrogen-bond donors (Lipinski definition) is 2. The number of nitrogens with two attached hydrogens (primary N) is 1. The molecule has 104 valence electrons. The summed E-state index contributed by atoms with van der Waals surface area (Å²) in [6.45, 7) is 0. The second-order valence-corrected chi connectivity index (χ2v) is 6.82. The molecule has 0 aliphatic heterocycles. The van der Waals surface area contributed by atoms with Gasteiger partial charge < -0.3 is 11.1 Å². The number of rotatable bonds is 2. The fourth-order valence-electron chi connectivity index (χ4n) is 1.42. The molecular formula is C12H7Br3ClN3O. The summed E-state index contributed by atoms with van der Waals surface area (Å²) in [5, 5.41) is 3.02. The first-order chi connectivity index (χ1) is 9.38. The first kappa shape index (κ1) is 15.8. The van der Waals surface area contributed by atoms with Crippen LogP contribution in [0.2, 0.25) is 5.02 Å². The van der Waals surface area contributed by atoms with Gasteiger partial charge in [0, 0.05) is 19.6 Å². The lowest BCUT2D eigenvalue weighted by Crippen LogP contribution is -2.13. The average molecular weight is 484 g/mol. The van der Waals surface area contributed by atoms with Crippen molar-refractivity contribution in [2.45, 2.75) is 0 Å². The summed E-state index contributed by atoms with van der Waals surface area (Å²) < 4.78 is 2.36. The minimum atomic E-state index is -0.330. The van der Waals surface area contributed by atoms with Gasteiger partial charge in [-0.05, 0) is 50.1 Å². The first-order valence-electron chi connectivity index (χ1n) is 5.25. The Hall–Kier alpha value is -0.630. The Bertz CT molecular complexity index is 671. The van der Waals surface area contributed by atoms with Gasteiger partial charge in [0.25, 0.3) is 5.91 Å². The topological polar surface area (TPSA) is 68.0 Å². The molecule has 1 aromatic heterocycles. The fraction of sp³-hybridized carbons (Fsp3) is 0. The van der Waals surface area contributed by atoms with Crippen molar-refractivity contribution in [3.05, 3.63) is 48.4 Å². The van der Waals surface area contributed by atoms with Crippen LogP contribution in [-0.4, -0.2) is 10.9 Å². The van der Waals surface area contributed by atoms with E-state index in [0.717, 1.165) is 13.4 Å². The number of pyridine rings is 1. The molecule has 0 spiro atoms. The summed E-state index contributed by atoms with van der Waals surface area (Å²) in [7, 11) is 0. The minimum Gasteiger partial charge on any atom is -0.382 e. The maximum absolute atomic E-state index is 12.2. The molecule has 0 aliphatic carbocycles. The van der Waals surface area contributed by atoms with Crippen LogP contribution in [0.25, 0.3) is 0 Å². The van der Waals surface area contributed by atoms with Gasteiger partial charge in [0.1, 0.15) is 5.82 Å². The molecule has 0 bridgehead atoms. The van der Waals surface area contributed by atoms with Gasteiger partial charge in [-0.1, -0.05) is 27.5 Å². The van der Waals surface area contributed by atoms with Crippen molar-refractivity contribution >= 4 is 76.8 Å². The largest absolute Gasteiger partial charge is 0.382 e. The molecule has 8 heteroatoms. The number of amides is 1. The highest BCUT2D eigenvalue weighted by Crippen LogP contribution is 2.34. The lowest BCUT2D eigenvalue weighted by Gasteiger charge is -2.10. The van der Waals surface area contributed by atoms with E-state index >= 15 is 0 Å². The summed E-state index contributed by atoms with van der Waals surface area (Å²) in [5.74, 6) is -0.141. The summed E-state index contributed by atoms with van der Waals surface area (Å²) in [6, 6.07) is 5.13. The zero-order valence-corrected chi connectivity index (χ0v) is 15.3. The Morgan fingerprint density at radius 3 is 2.35 bits per heavy atom. The van der Waals surface area contributed by atoms with Crippen molar-refractivity contribution in [3.63, 3.8) is 0 Å². The number of nitrogens with zero attached hydrogens (tertiary/aromatic N) is 1. The van der Waals surface area contributed by atoms with Crippen LogP contribution in [-0.2, 0) is 0 Å². The van der Waals surface area contributed by atoms with Gasteiger partial charge >= 0.3 is 0 Å². The molecule has 0 saturated heterocycles. The molecule has 0 atom stereocenters. The second-order valence-electron chi connectivity index (χ2n) is 3.79. The van der Waals surface area contributed by atoms with Crippen molar-refractivity contribution in [2.24, 2.45) is 0 Å². The molecular weight excluding hydrogens is 477 g/mol. The van der Waals surface area contributed by atoms with Crippen molar-refractivity contribution in [1.82, 2.24) is 4.98 Å². The number of anilines is 2. The molecule has 1 heterocycles. The number of halogens is 4. The van der Waals surface area contributed by atoms with E-state index in [9.17, 15) is 4.79 Å². The molecule has 2 rings (SSSR count). The first-order valence-corrected chi connectivity index (χ1v) is 8.01. The third-order valence-corrected chi connectivity index (χ3v) is 4.39. The maximum atomic E-state index is 12.2. The standard InChI is InChI=1S/C12H7Br3ClN3O/c13-6-2-7(14)10(8(15)3-6)19-12(20)5-1-9(16)11(17)18-4-5/h1-4H,(H2,17,18)(H,19,20). The van der Waals surface area contributed by atoms with E-state index in [1.807, 2.05) is 12.1 Å². The van der Waals surface area contributed by atoms with Crippen molar-refractivity contribution < 1.29 is 4.79 Å². The minimum absolute atomic E-state index is 0.189. The van der Waals surface area contributed by atoms with E-state index in [2.05, 4.69) is 58.1 Å². The second kappa shape index (κ2) is 6.43. The van der Waals surface area contributed by atoms with Crippen molar-refractivity contribution in [2.75, 3.05) is 11.1 Å². The molecule has 0 saturated carbocycles. The SMILES string of the molecule is Nc1ncc(C(=O)Nc2c(Br)cc(Br)cc2Br)cc1Cl. The number of nitrogens with one attached hydrogen (secondary N) is 1. The van der Waals surface area contributed by atoms with Gasteiger partial charge in [-0.25, -0.2) is 4.98 Å². The van der Waals surface area contributed by atoms with Crippen LogP contribution in [0.5, 0.6) is 0 Å². The highest BCUT2D eigenvalue weighted by molar-refractivity contribution is 9.11. The van der Waals surface area contributed by atoms with Crippen LogP contribution in [0.15, 0.2) is 37.8 Å². The van der Waals surface area contributed by atoms with Crippen LogP contribution in [0, 0.1) is 0 Å². The normalized spacial score (nSPS) is 10.4. The van der Waals surface area contributed by atoms with E-state index in [1.54, 1.807) is 0 Å². The van der Waals surface area contributed by atoms with Crippen molar-refractivity contribution in [1.29, 1.82) is 0 Å². The Kier molecular flexibility index (Phi) is 5.06. The molecule has 0 unspecified atom stereocenters. The van der Waals surface area contributed by atoms with E-state index in [-0.39, 0.29) is 16.7 Å². The smallest absolute Gasteiger partial charge is 0.257 e.